The zero-order chi connectivity index (χ0) is 9.14. The third-order valence-corrected chi connectivity index (χ3v) is 1.60. The van der Waals surface area contributed by atoms with Crippen molar-refractivity contribution in [2.24, 2.45) is 0 Å². The van der Waals surface area contributed by atoms with Gasteiger partial charge in [-0.1, -0.05) is 6.08 Å². The van der Waals surface area contributed by atoms with Crippen molar-refractivity contribution in [1.82, 2.24) is 0 Å². The van der Waals surface area contributed by atoms with Gasteiger partial charge in [0.05, 0.1) is 12.2 Å². The molecule has 0 N–H and O–H groups in total. The highest BCUT2D eigenvalue weighted by atomic mass is 16.5. The summed E-state index contributed by atoms with van der Waals surface area (Å²) in [6.07, 6.45) is 2.00. The molecule has 0 atom stereocenters. The van der Waals surface area contributed by atoms with E-state index in [4.69, 9.17) is 4.74 Å². The lowest BCUT2D eigenvalue weighted by Crippen LogP contribution is -2.36. The van der Waals surface area contributed by atoms with Crippen LogP contribution in [-0.2, 0) is 6.42 Å². The molecule has 0 saturated carbocycles. The molecule has 0 amide bonds. The molecule has 0 saturated heterocycles. The third kappa shape index (κ3) is 1.18. The first-order valence-electron chi connectivity index (χ1n) is 3.78. The highest BCUT2D eigenvalue weighted by molar-refractivity contribution is 5.40. The van der Waals surface area contributed by atoms with Crippen LogP contribution >= 0.6 is 0 Å². The molecule has 0 heterocycles. The van der Waals surface area contributed by atoms with E-state index in [0.29, 0.717) is 18.6 Å². The Kier molecular flexibility index (Phi) is 2.43. The summed E-state index contributed by atoms with van der Waals surface area (Å²) < 4.78 is 4.99. The zero-order valence-corrected chi connectivity index (χ0v) is 6.92. The lowest BCUT2D eigenvalue weighted by atomic mass is 10.1. The molecule has 3 nitrogen and oxygen atoms in total. The predicted octanol–water partition coefficient (Wildman–Crippen LogP) is 0.410. The Bertz CT molecular complexity index is 356. The SMILES string of the molecule is C=CCc1c(OCC)c(=O)c1=O. The maximum atomic E-state index is 10.9. The average molecular weight is 166 g/mol. The second-order valence-corrected chi connectivity index (χ2v) is 2.39. The lowest BCUT2D eigenvalue weighted by Gasteiger charge is -2.08. The molecule has 0 aliphatic heterocycles. The van der Waals surface area contributed by atoms with Crippen molar-refractivity contribution in [1.29, 1.82) is 0 Å². The predicted molar refractivity (Wildman–Crippen MR) is 46.4 cm³/mol. The van der Waals surface area contributed by atoms with Crippen LogP contribution in [0.25, 0.3) is 0 Å². The van der Waals surface area contributed by atoms with Gasteiger partial charge in [0, 0.05) is 0 Å². The minimum Gasteiger partial charge on any atom is -0.489 e. The second kappa shape index (κ2) is 3.34. The van der Waals surface area contributed by atoms with Gasteiger partial charge in [0.1, 0.15) is 0 Å². The molecule has 64 valence electrons. The Labute approximate surface area is 70.0 Å². The quantitative estimate of drug-likeness (QED) is 0.480. The summed E-state index contributed by atoms with van der Waals surface area (Å²) in [5.41, 5.74) is -0.482. The van der Waals surface area contributed by atoms with E-state index in [-0.39, 0.29) is 5.75 Å². The molecule has 0 aromatic heterocycles. The molecule has 1 aromatic rings. The van der Waals surface area contributed by atoms with Crippen LogP contribution < -0.4 is 15.6 Å². The van der Waals surface area contributed by atoms with Crippen molar-refractivity contribution in [3.63, 3.8) is 0 Å². The number of hydrogen-bond acceptors (Lipinski definition) is 3. The molecule has 0 fully saturated rings. The first-order valence-corrected chi connectivity index (χ1v) is 3.78. The fourth-order valence-corrected chi connectivity index (χ4v) is 1.04. The minimum atomic E-state index is -0.506. The van der Waals surface area contributed by atoms with E-state index in [1.165, 1.54) is 0 Å². The van der Waals surface area contributed by atoms with Gasteiger partial charge < -0.3 is 4.74 Å². The molecular formula is C9H10O3. The van der Waals surface area contributed by atoms with E-state index < -0.39 is 10.9 Å². The molecule has 0 aliphatic rings. The molecule has 1 aromatic carbocycles. The van der Waals surface area contributed by atoms with E-state index >= 15 is 0 Å². The van der Waals surface area contributed by atoms with Crippen LogP contribution in [0.1, 0.15) is 12.5 Å². The lowest BCUT2D eigenvalue weighted by molar-refractivity contribution is 0.329. The van der Waals surface area contributed by atoms with E-state index in [1.807, 2.05) is 0 Å². The number of ether oxygens (including phenoxy) is 1. The van der Waals surface area contributed by atoms with Crippen molar-refractivity contribution in [2.45, 2.75) is 13.3 Å². The van der Waals surface area contributed by atoms with Crippen LogP contribution in [0.15, 0.2) is 22.2 Å². The van der Waals surface area contributed by atoms with Crippen molar-refractivity contribution in [3.8, 4) is 5.75 Å². The first kappa shape index (κ1) is 8.71. The monoisotopic (exact) mass is 166 g/mol. The molecule has 0 bridgehead atoms. The normalized spacial score (nSPS) is 10.1. The van der Waals surface area contributed by atoms with Crippen LogP contribution in [0.3, 0.4) is 0 Å². The highest BCUT2D eigenvalue weighted by Crippen LogP contribution is 2.11. The van der Waals surface area contributed by atoms with Gasteiger partial charge in [0.2, 0.25) is 5.43 Å². The van der Waals surface area contributed by atoms with Gasteiger partial charge in [0.15, 0.2) is 5.75 Å². The summed E-state index contributed by atoms with van der Waals surface area (Å²) >= 11 is 0. The largest absolute Gasteiger partial charge is 0.489 e. The molecule has 0 spiro atoms. The van der Waals surface area contributed by atoms with Crippen molar-refractivity contribution in [3.05, 3.63) is 38.7 Å². The van der Waals surface area contributed by atoms with E-state index in [2.05, 4.69) is 6.58 Å². The van der Waals surface area contributed by atoms with E-state index in [9.17, 15) is 9.59 Å². The van der Waals surface area contributed by atoms with E-state index in [0.717, 1.165) is 0 Å². The van der Waals surface area contributed by atoms with Crippen LogP contribution in [0, 0.1) is 0 Å². The second-order valence-electron chi connectivity index (χ2n) is 2.39. The van der Waals surface area contributed by atoms with Gasteiger partial charge >= 0.3 is 0 Å². The average Bonchev–Trinajstić information content (AvgIpc) is 2.10. The minimum absolute atomic E-state index is 0.224. The Balaban J connectivity index is 2.96. The van der Waals surface area contributed by atoms with Crippen molar-refractivity contribution >= 4 is 0 Å². The summed E-state index contributed by atoms with van der Waals surface area (Å²) in [7, 11) is 0. The number of rotatable bonds is 4. The molecule has 1 rings (SSSR count). The maximum Gasteiger partial charge on any atom is 0.268 e. The summed E-state index contributed by atoms with van der Waals surface area (Å²) in [4.78, 5) is 21.8. The van der Waals surface area contributed by atoms with Gasteiger partial charge in [-0.2, -0.15) is 0 Å². The van der Waals surface area contributed by atoms with Gasteiger partial charge in [-0.3, -0.25) is 9.59 Å². The smallest absolute Gasteiger partial charge is 0.268 e. The Morgan fingerprint density at radius 3 is 2.58 bits per heavy atom. The van der Waals surface area contributed by atoms with Crippen LogP contribution in [0.5, 0.6) is 5.75 Å². The summed E-state index contributed by atoms with van der Waals surface area (Å²) in [6, 6.07) is 0. The Morgan fingerprint density at radius 2 is 2.08 bits per heavy atom. The molecule has 0 unspecified atom stereocenters. The molecular weight excluding hydrogens is 156 g/mol. The number of allylic oxidation sites excluding steroid dienone is 1. The molecule has 12 heavy (non-hydrogen) atoms. The first-order chi connectivity index (χ1) is 5.72. The Morgan fingerprint density at radius 1 is 1.42 bits per heavy atom. The van der Waals surface area contributed by atoms with Crippen molar-refractivity contribution < 1.29 is 4.74 Å². The fraction of sp³-hybridized carbons (Fsp3) is 0.333. The molecule has 0 radical (unpaired) electrons. The number of hydrogen-bond donors (Lipinski definition) is 0. The fourth-order valence-electron chi connectivity index (χ4n) is 1.04. The molecule has 3 heteroatoms. The van der Waals surface area contributed by atoms with Crippen LogP contribution in [0.2, 0.25) is 0 Å². The van der Waals surface area contributed by atoms with Crippen LogP contribution in [0.4, 0.5) is 0 Å². The zero-order valence-electron chi connectivity index (χ0n) is 6.92. The Hall–Kier alpha value is -1.38. The van der Waals surface area contributed by atoms with Gasteiger partial charge in [-0.25, -0.2) is 0 Å². The standard InChI is InChI=1S/C9H10O3/c1-3-5-6-7(10)8(11)9(6)12-4-2/h3H,1,4-5H2,2H3. The maximum absolute atomic E-state index is 10.9. The van der Waals surface area contributed by atoms with Gasteiger partial charge in [0.25, 0.3) is 5.43 Å². The third-order valence-electron chi connectivity index (χ3n) is 1.60. The van der Waals surface area contributed by atoms with Crippen LogP contribution in [-0.4, -0.2) is 6.61 Å². The topological polar surface area (TPSA) is 43.4 Å². The summed E-state index contributed by atoms with van der Waals surface area (Å²) in [5, 5.41) is 0. The molecule has 0 aliphatic carbocycles. The highest BCUT2D eigenvalue weighted by Gasteiger charge is 2.20. The van der Waals surface area contributed by atoms with Gasteiger partial charge in [-0.05, 0) is 13.3 Å². The summed E-state index contributed by atoms with van der Waals surface area (Å²) in [5.74, 6) is 0.224. The summed E-state index contributed by atoms with van der Waals surface area (Å²) in [6.45, 7) is 5.67. The van der Waals surface area contributed by atoms with E-state index in [1.54, 1.807) is 13.0 Å². The van der Waals surface area contributed by atoms with Gasteiger partial charge in [-0.15, -0.1) is 6.58 Å². The van der Waals surface area contributed by atoms with Crippen molar-refractivity contribution in [2.75, 3.05) is 6.61 Å².